The number of aromatic nitrogens is 2. The second-order valence-electron chi connectivity index (χ2n) is 11.9. The molecule has 45 heavy (non-hydrogen) atoms. The van der Waals surface area contributed by atoms with Gasteiger partial charge in [0.1, 0.15) is 0 Å². The van der Waals surface area contributed by atoms with Crippen molar-refractivity contribution in [1.29, 1.82) is 0 Å². The van der Waals surface area contributed by atoms with Crippen LogP contribution in [0.3, 0.4) is 0 Å². The van der Waals surface area contributed by atoms with Crippen molar-refractivity contribution in [1.82, 2.24) is 9.13 Å². The zero-order valence-electron chi connectivity index (χ0n) is 25.0. The van der Waals surface area contributed by atoms with Crippen molar-refractivity contribution in [2.45, 2.75) is 6.92 Å². The summed E-state index contributed by atoms with van der Waals surface area (Å²) in [6.07, 6.45) is 0. The molecule has 7 aromatic carbocycles. The van der Waals surface area contributed by atoms with E-state index in [0.717, 1.165) is 11.4 Å². The predicted molar refractivity (Wildman–Crippen MR) is 191 cm³/mol. The Bertz CT molecular complexity index is 2490. The first kappa shape index (κ1) is 25.6. The Labute approximate surface area is 262 Å². The lowest BCUT2D eigenvalue weighted by Crippen LogP contribution is -1.95. The third-order valence-electron chi connectivity index (χ3n) is 9.21. The first-order chi connectivity index (χ1) is 22.2. The minimum atomic E-state index is 1.16. The topological polar surface area (TPSA) is 9.86 Å². The summed E-state index contributed by atoms with van der Waals surface area (Å²) in [6.45, 7) is 2.13. The molecule has 0 radical (unpaired) electrons. The highest BCUT2D eigenvalue weighted by Gasteiger charge is 2.20. The Hall–Kier alpha value is -5.86. The van der Waals surface area contributed by atoms with Crippen LogP contribution >= 0.6 is 0 Å². The lowest BCUT2D eigenvalue weighted by Gasteiger charge is -2.11. The van der Waals surface area contributed by atoms with Crippen molar-refractivity contribution < 1.29 is 0 Å². The standard InChI is InChI=1S/C43H30N2/c1-29-15-17-31(18-16-29)33-21-25-35(26-22-33)45-39-14-8-6-12-37(39)43-41(45)28-27-40-42(43)36-11-5-7-13-38(36)44(40)34-23-19-32(20-24-34)30-9-3-2-4-10-30/h2-28H,1H3. The zero-order valence-corrected chi connectivity index (χ0v) is 25.0. The normalized spacial score (nSPS) is 11.7. The van der Waals surface area contributed by atoms with E-state index in [2.05, 4.69) is 180 Å². The quantitative estimate of drug-likeness (QED) is 0.198. The fourth-order valence-electron chi connectivity index (χ4n) is 7.06. The van der Waals surface area contributed by atoms with Crippen LogP contribution in [0.1, 0.15) is 5.56 Å². The second-order valence-corrected chi connectivity index (χ2v) is 11.9. The number of nitrogens with zero attached hydrogens (tertiary/aromatic N) is 2. The van der Waals surface area contributed by atoms with Crippen molar-refractivity contribution >= 4 is 43.6 Å². The monoisotopic (exact) mass is 574 g/mol. The summed E-state index contributed by atoms with van der Waals surface area (Å²) < 4.78 is 4.84. The number of benzene rings is 7. The summed E-state index contributed by atoms with van der Waals surface area (Å²) in [4.78, 5) is 0. The van der Waals surface area contributed by atoms with Crippen LogP contribution in [0.2, 0.25) is 0 Å². The Morgan fingerprint density at radius 2 is 0.689 bits per heavy atom. The molecular formula is C43H30N2. The van der Waals surface area contributed by atoms with Crippen molar-refractivity contribution in [3.05, 3.63) is 169 Å². The third-order valence-corrected chi connectivity index (χ3v) is 9.21. The van der Waals surface area contributed by atoms with Crippen LogP contribution < -0.4 is 0 Å². The fraction of sp³-hybridized carbons (Fsp3) is 0.0233. The molecule has 9 rings (SSSR count). The highest BCUT2D eigenvalue weighted by Crippen LogP contribution is 2.42. The van der Waals surface area contributed by atoms with E-state index in [4.69, 9.17) is 0 Å². The Balaban J connectivity index is 1.27. The van der Waals surface area contributed by atoms with Gasteiger partial charge in [0.15, 0.2) is 0 Å². The van der Waals surface area contributed by atoms with Gasteiger partial charge in [-0.25, -0.2) is 0 Å². The van der Waals surface area contributed by atoms with Gasteiger partial charge in [-0.05, 0) is 77.7 Å². The lowest BCUT2D eigenvalue weighted by atomic mass is 10.0. The van der Waals surface area contributed by atoms with Gasteiger partial charge in [-0.2, -0.15) is 0 Å². The molecule has 0 aliphatic heterocycles. The average molecular weight is 575 g/mol. The van der Waals surface area contributed by atoms with E-state index in [0.29, 0.717) is 0 Å². The molecule has 0 aliphatic rings. The molecule has 0 bridgehead atoms. The van der Waals surface area contributed by atoms with Gasteiger partial charge in [-0.1, -0.05) is 121 Å². The number of hydrogen-bond acceptors (Lipinski definition) is 0. The summed E-state index contributed by atoms with van der Waals surface area (Å²) in [5.74, 6) is 0. The Morgan fingerprint density at radius 3 is 1.16 bits per heavy atom. The van der Waals surface area contributed by atoms with Crippen LogP contribution in [0.25, 0.3) is 77.2 Å². The van der Waals surface area contributed by atoms with Gasteiger partial charge < -0.3 is 9.13 Å². The van der Waals surface area contributed by atoms with Crippen LogP contribution in [0.4, 0.5) is 0 Å². The second kappa shape index (κ2) is 10.1. The van der Waals surface area contributed by atoms with Crippen molar-refractivity contribution in [3.8, 4) is 33.6 Å². The minimum absolute atomic E-state index is 1.16. The van der Waals surface area contributed by atoms with E-state index in [9.17, 15) is 0 Å². The molecule has 0 saturated heterocycles. The maximum Gasteiger partial charge on any atom is 0.0548 e. The molecule has 2 aromatic heterocycles. The molecular weight excluding hydrogens is 544 g/mol. The molecule has 0 spiro atoms. The zero-order chi connectivity index (χ0) is 29.9. The third kappa shape index (κ3) is 4.03. The van der Waals surface area contributed by atoms with E-state index in [1.165, 1.54) is 71.4 Å². The molecule has 0 amide bonds. The van der Waals surface area contributed by atoms with Gasteiger partial charge in [-0.15, -0.1) is 0 Å². The molecule has 0 aliphatic carbocycles. The molecule has 9 aromatic rings. The van der Waals surface area contributed by atoms with Gasteiger partial charge in [0.05, 0.1) is 22.1 Å². The maximum atomic E-state index is 2.42. The summed E-state index contributed by atoms with van der Waals surface area (Å²) >= 11 is 0. The largest absolute Gasteiger partial charge is 0.309 e. The molecule has 2 nitrogen and oxygen atoms in total. The van der Waals surface area contributed by atoms with Crippen LogP contribution in [-0.2, 0) is 0 Å². The van der Waals surface area contributed by atoms with E-state index >= 15 is 0 Å². The van der Waals surface area contributed by atoms with Crippen LogP contribution in [0, 0.1) is 6.92 Å². The first-order valence-electron chi connectivity index (χ1n) is 15.5. The first-order valence-corrected chi connectivity index (χ1v) is 15.5. The molecule has 0 unspecified atom stereocenters. The molecule has 2 heteroatoms. The van der Waals surface area contributed by atoms with E-state index < -0.39 is 0 Å². The molecule has 0 atom stereocenters. The van der Waals surface area contributed by atoms with Crippen molar-refractivity contribution in [2.75, 3.05) is 0 Å². The number of rotatable bonds is 4. The average Bonchev–Trinajstić information content (AvgIpc) is 3.62. The maximum absolute atomic E-state index is 2.42. The predicted octanol–water partition coefficient (Wildman–Crippen LogP) is 11.5. The summed E-state index contributed by atoms with van der Waals surface area (Å²) in [7, 11) is 0. The van der Waals surface area contributed by atoms with Crippen molar-refractivity contribution in [2.24, 2.45) is 0 Å². The molecule has 0 N–H and O–H groups in total. The van der Waals surface area contributed by atoms with Crippen LogP contribution in [0.15, 0.2) is 164 Å². The van der Waals surface area contributed by atoms with Crippen LogP contribution in [-0.4, -0.2) is 9.13 Å². The van der Waals surface area contributed by atoms with E-state index in [1.54, 1.807) is 0 Å². The van der Waals surface area contributed by atoms with Gasteiger partial charge >= 0.3 is 0 Å². The number of fused-ring (bicyclic) bond motifs is 7. The van der Waals surface area contributed by atoms with E-state index in [1.807, 2.05) is 0 Å². The van der Waals surface area contributed by atoms with E-state index in [-0.39, 0.29) is 0 Å². The SMILES string of the molecule is Cc1ccc(-c2ccc(-n3c4ccccc4c4c5c6ccccc6n(-c6ccc(-c7ccccc7)cc6)c5ccc43)cc2)cc1. The van der Waals surface area contributed by atoms with Gasteiger partial charge in [0.2, 0.25) is 0 Å². The highest BCUT2D eigenvalue weighted by atomic mass is 15.0. The van der Waals surface area contributed by atoms with Crippen LogP contribution in [0.5, 0.6) is 0 Å². The smallest absolute Gasteiger partial charge is 0.0548 e. The van der Waals surface area contributed by atoms with Gasteiger partial charge in [0.25, 0.3) is 0 Å². The van der Waals surface area contributed by atoms with Crippen molar-refractivity contribution in [3.63, 3.8) is 0 Å². The highest BCUT2D eigenvalue weighted by molar-refractivity contribution is 6.28. The Morgan fingerprint density at radius 1 is 0.311 bits per heavy atom. The number of aryl methyl sites for hydroxylation is 1. The number of para-hydroxylation sites is 2. The fourth-order valence-corrected chi connectivity index (χ4v) is 7.06. The Kier molecular flexibility index (Phi) is 5.76. The lowest BCUT2D eigenvalue weighted by molar-refractivity contribution is 1.17. The minimum Gasteiger partial charge on any atom is -0.309 e. The summed E-state index contributed by atoms with van der Waals surface area (Å²) in [5, 5.41) is 5.12. The number of hydrogen-bond donors (Lipinski definition) is 0. The van der Waals surface area contributed by atoms with Gasteiger partial charge in [-0.3, -0.25) is 0 Å². The summed E-state index contributed by atoms with van der Waals surface area (Å²) in [5.41, 5.74) is 13.4. The molecule has 2 heterocycles. The molecule has 212 valence electrons. The molecule has 0 saturated carbocycles. The van der Waals surface area contributed by atoms with Gasteiger partial charge in [0, 0.05) is 32.9 Å². The molecule has 0 fully saturated rings. The summed E-state index contributed by atoms with van der Waals surface area (Å²) in [6, 6.07) is 59.5.